The van der Waals surface area contributed by atoms with E-state index in [1.54, 1.807) is 32.4 Å². The van der Waals surface area contributed by atoms with E-state index in [1.807, 2.05) is 61.5 Å². The molecule has 0 aliphatic carbocycles. The van der Waals surface area contributed by atoms with Gasteiger partial charge in [-0.3, -0.25) is 4.79 Å². The topological polar surface area (TPSA) is 57.2 Å². The minimum absolute atomic E-state index is 0.212. The van der Waals surface area contributed by atoms with E-state index in [2.05, 4.69) is 0 Å². The van der Waals surface area contributed by atoms with Crippen molar-refractivity contribution in [3.63, 3.8) is 0 Å². The molecule has 0 unspecified atom stereocenters. The summed E-state index contributed by atoms with van der Waals surface area (Å²) < 4.78 is 22.3. The quantitative estimate of drug-likeness (QED) is 0.245. The zero-order valence-electron chi connectivity index (χ0n) is 20.6. The molecule has 7 heteroatoms. The normalized spacial score (nSPS) is 11.1. The molecule has 0 atom stereocenters. The molecule has 0 saturated carbocycles. The van der Waals surface area contributed by atoms with Gasteiger partial charge in [0.05, 0.1) is 26.9 Å². The summed E-state index contributed by atoms with van der Waals surface area (Å²) in [6.07, 6.45) is 3.18. The van der Waals surface area contributed by atoms with Crippen LogP contribution in [-0.4, -0.2) is 59.3 Å². The van der Waals surface area contributed by atoms with Gasteiger partial charge >= 0.3 is 0 Å². The van der Waals surface area contributed by atoms with Crippen molar-refractivity contribution in [1.29, 1.82) is 0 Å². The highest BCUT2D eigenvalue weighted by atomic mass is 35.5. The number of halogens is 1. The predicted molar refractivity (Wildman–Crippen MR) is 140 cm³/mol. The van der Waals surface area contributed by atoms with Gasteiger partial charge in [-0.2, -0.15) is 0 Å². The SMILES string of the molecule is COc1ccc(/C=C/C(=O)c2cc(-c3ccccc3Cl)ccc2OCCN(C)C)c(OC)c1OC. The second-order valence-corrected chi connectivity index (χ2v) is 8.37. The van der Waals surface area contributed by atoms with E-state index < -0.39 is 0 Å². The van der Waals surface area contributed by atoms with Gasteiger partial charge in [0, 0.05) is 22.7 Å². The minimum Gasteiger partial charge on any atom is -0.493 e. The summed E-state index contributed by atoms with van der Waals surface area (Å²) in [4.78, 5) is 15.4. The molecule has 0 saturated heterocycles. The van der Waals surface area contributed by atoms with E-state index >= 15 is 0 Å². The van der Waals surface area contributed by atoms with Gasteiger partial charge in [0.15, 0.2) is 17.3 Å². The second kappa shape index (κ2) is 12.3. The molecule has 184 valence electrons. The maximum atomic E-state index is 13.4. The van der Waals surface area contributed by atoms with Crippen molar-refractivity contribution in [2.75, 3.05) is 48.6 Å². The lowest BCUT2D eigenvalue weighted by Crippen LogP contribution is -2.20. The maximum Gasteiger partial charge on any atom is 0.203 e. The van der Waals surface area contributed by atoms with Crippen LogP contribution in [-0.2, 0) is 0 Å². The number of ether oxygens (including phenoxy) is 4. The molecule has 0 aliphatic heterocycles. The first-order chi connectivity index (χ1) is 16.9. The van der Waals surface area contributed by atoms with Crippen molar-refractivity contribution in [1.82, 2.24) is 4.90 Å². The molecule has 6 nitrogen and oxygen atoms in total. The monoisotopic (exact) mass is 495 g/mol. The van der Waals surface area contributed by atoms with Crippen LogP contribution in [0.5, 0.6) is 23.0 Å². The van der Waals surface area contributed by atoms with Crippen molar-refractivity contribution in [3.8, 4) is 34.1 Å². The van der Waals surface area contributed by atoms with Crippen LogP contribution in [0.25, 0.3) is 17.2 Å². The molecule has 0 fully saturated rings. The Bertz CT molecular complexity index is 1210. The summed E-state index contributed by atoms with van der Waals surface area (Å²) in [5, 5.41) is 0.609. The molecule has 0 aliphatic rings. The lowest BCUT2D eigenvalue weighted by atomic mass is 9.99. The van der Waals surface area contributed by atoms with Crippen LogP contribution in [0, 0.1) is 0 Å². The predicted octanol–water partition coefficient (Wildman–Crippen LogP) is 5.87. The molecule has 0 radical (unpaired) electrons. The van der Waals surface area contributed by atoms with Crippen molar-refractivity contribution in [3.05, 3.63) is 76.8 Å². The molecular formula is C28H30ClNO5. The van der Waals surface area contributed by atoms with Crippen LogP contribution in [0.3, 0.4) is 0 Å². The molecule has 0 bridgehead atoms. The van der Waals surface area contributed by atoms with Gasteiger partial charge in [-0.05, 0) is 62.1 Å². The van der Waals surface area contributed by atoms with Gasteiger partial charge in [-0.15, -0.1) is 0 Å². The Morgan fingerprint density at radius 1 is 0.914 bits per heavy atom. The lowest BCUT2D eigenvalue weighted by molar-refractivity contribution is 0.104. The Balaban J connectivity index is 1.99. The summed E-state index contributed by atoms with van der Waals surface area (Å²) >= 11 is 6.41. The Morgan fingerprint density at radius 3 is 2.29 bits per heavy atom. The van der Waals surface area contributed by atoms with E-state index in [9.17, 15) is 4.79 Å². The number of carbonyl (C=O) groups is 1. The third-order valence-electron chi connectivity index (χ3n) is 5.37. The molecule has 0 N–H and O–H groups in total. The Kier molecular flexibility index (Phi) is 9.18. The molecular weight excluding hydrogens is 466 g/mol. The number of benzene rings is 3. The molecule has 3 aromatic rings. The number of hydrogen-bond donors (Lipinski definition) is 0. The minimum atomic E-state index is -0.212. The third kappa shape index (κ3) is 6.35. The fourth-order valence-corrected chi connectivity index (χ4v) is 3.81. The van der Waals surface area contributed by atoms with Crippen molar-refractivity contribution in [2.24, 2.45) is 0 Å². The Morgan fingerprint density at radius 2 is 1.63 bits per heavy atom. The van der Waals surface area contributed by atoms with E-state index in [-0.39, 0.29) is 5.78 Å². The van der Waals surface area contributed by atoms with Crippen molar-refractivity contribution in [2.45, 2.75) is 0 Å². The van der Waals surface area contributed by atoms with Gasteiger partial charge in [-0.25, -0.2) is 0 Å². The Labute approximate surface area is 211 Å². The van der Waals surface area contributed by atoms with E-state index in [0.717, 1.165) is 17.7 Å². The number of rotatable bonds is 11. The molecule has 0 heterocycles. The summed E-state index contributed by atoms with van der Waals surface area (Å²) in [7, 11) is 8.57. The highest BCUT2D eigenvalue weighted by Crippen LogP contribution is 2.40. The summed E-state index contributed by atoms with van der Waals surface area (Å²) in [5.74, 6) is 1.77. The first-order valence-electron chi connectivity index (χ1n) is 11.1. The number of likely N-dealkylation sites (N-methyl/N-ethyl adjacent to an activating group) is 1. The van der Waals surface area contributed by atoms with Gasteiger partial charge in [0.25, 0.3) is 0 Å². The van der Waals surface area contributed by atoms with Crippen LogP contribution in [0.4, 0.5) is 0 Å². The van der Waals surface area contributed by atoms with Crippen LogP contribution in [0.1, 0.15) is 15.9 Å². The largest absolute Gasteiger partial charge is 0.493 e. The van der Waals surface area contributed by atoms with Crippen LogP contribution in [0.15, 0.2) is 60.7 Å². The number of nitrogens with zero attached hydrogens (tertiary/aromatic N) is 1. The number of ketones is 1. The highest BCUT2D eigenvalue weighted by molar-refractivity contribution is 6.33. The van der Waals surface area contributed by atoms with E-state index in [1.165, 1.54) is 13.2 Å². The average Bonchev–Trinajstić information content (AvgIpc) is 2.86. The zero-order valence-corrected chi connectivity index (χ0v) is 21.4. The number of hydrogen-bond acceptors (Lipinski definition) is 6. The number of carbonyl (C=O) groups excluding carboxylic acids is 1. The first-order valence-corrected chi connectivity index (χ1v) is 11.4. The summed E-state index contributed by atoms with van der Waals surface area (Å²) in [6, 6.07) is 16.6. The fraction of sp³-hybridized carbons (Fsp3) is 0.250. The first kappa shape index (κ1) is 26.1. The molecule has 3 aromatic carbocycles. The molecule has 0 amide bonds. The molecule has 35 heavy (non-hydrogen) atoms. The number of methoxy groups -OCH3 is 3. The molecule has 0 spiro atoms. The van der Waals surface area contributed by atoms with Gasteiger partial charge in [-0.1, -0.05) is 35.9 Å². The summed E-state index contributed by atoms with van der Waals surface area (Å²) in [6.45, 7) is 1.17. The lowest BCUT2D eigenvalue weighted by Gasteiger charge is -2.15. The van der Waals surface area contributed by atoms with Crippen LogP contribution >= 0.6 is 11.6 Å². The zero-order chi connectivity index (χ0) is 25.4. The van der Waals surface area contributed by atoms with Gasteiger partial charge < -0.3 is 23.8 Å². The second-order valence-electron chi connectivity index (χ2n) is 7.96. The van der Waals surface area contributed by atoms with Gasteiger partial charge in [0.2, 0.25) is 5.75 Å². The smallest absolute Gasteiger partial charge is 0.203 e. The van der Waals surface area contributed by atoms with Crippen LogP contribution in [0.2, 0.25) is 5.02 Å². The van der Waals surface area contributed by atoms with E-state index in [0.29, 0.717) is 45.8 Å². The molecule has 3 rings (SSSR count). The standard InChI is InChI=1S/C28H30ClNO5/c1-30(2)16-17-35-25-14-12-20(21-8-6-7-9-23(21)29)18-22(25)24(31)13-10-19-11-15-26(32-3)28(34-5)27(19)33-4/h6-15,18H,16-17H2,1-5H3/b13-10+. The van der Waals surface area contributed by atoms with E-state index in [4.69, 9.17) is 30.5 Å². The average molecular weight is 496 g/mol. The molecule has 0 aromatic heterocycles. The van der Waals surface area contributed by atoms with Crippen molar-refractivity contribution < 1.29 is 23.7 Å². The van der Waals surface area contributed by atoms with Crippen molar-refractivity contribution >= 4 is 23.5 Å². The highest BCUT2D eigenvalue weighted by Gasteiger charge is 2.17. The van der Waals surface area contributed by atoms with Gasteiger partial charge in [0.1, 0.15) is 12.4 Å². The fourth-order valence-electron chi connectivity index (χ4n) is 3.56. The summed E-state index contributed by atoms with van der Waals surface area (Å²) in [5.41, 5.74) is 2.79. The third-order valence-corrected chi connectivity index (χ3v) is 5.70. The number of allylic oxidation sites excluding steroid dienone is 1. The Hall–Kier alpha value is -3.48. The van der Waals surface area contributed by atoms with Crippen LogP contribution < -0.4 is 18.9 Å². The maximum absolute atomic E-state index is 13.4.